The third kappa shape index (κ3) is 3.47. The SMILES string of the molecule is CCc1ccnc(-n2c3ccccc3c3ccc(Oc4ccc5cc6ccccc6c(O)c5n4)cc32)c1. The molecule has 178 valence electrons. The van der Waals surface area contributed by atoms with Gasteiger partial charge in [0.25, 0.3) is 0 Å². The third-order valence-electron chi connectivity index (χ3n) is 6.97. The number of hydrogen-bond donors (Lipinski definition) is 1. The zero-order valence-electron chi connectivity index (χ0n) is 20.2. The molecule has 7 aromatic rings. The Morgan fingerprint density at radius 3 is 2.46 bits per heavy atom. The van der Waals surface area contributed by atoms with Crippen molar-refractivity contribution in [2.75, 3.05) is 0 Å². The Balaban J connectivity index is 1.37. The number of fused-ring (bicyclic) bond motifs is 5. The number of phenols is 1. The number of para-hydroxylation sites is 1. The molecule has 0 radical (unpaired) electrons. The second-order valence-corrected chi connectivity index (χ2v) is 9.18. The summed E-state index contributed by atoms with van der Waals surface area (Å²) < 4.78 is 8.42. The molecule has 0 saturated heterocycles. The lowest BCUT2D eigenvalue weighted by molar-refractivity contribution is 0.461. The first kappa shape index (κ1) is 21.4. The highest BCUT2D eigenvalue weighted by Gasteiger charge is 2.15. The Labute approximate surface area is 213 Å². The van der Waals surface area contributed by atoms with Gasteiger partial charge in [0.15, 0.2) is 0 Å². The van der Waals surface area contributed by atoms with Crippen molar-refractivity contribution in [2.24, 2.45) is 0 Å². The normalized spacial score (nSPS) is 11.6. The summed E-state index contributed by atoms with van der Waals surface area (Å²) in [5.41, 5.74) is 3.85. The van der Waals surface area contributed by atoms with Crippen LogP contribution in [0.15, 0.2) is 103 Å². The van der Waals surface area contributed by atoms with Gasteiger partial charge in [0.2, 0.25) is 5.88 Å². The number of rotatable bonds is 4. The van der Waals surface area contributed by atoms with Crippen LogP contribution in [0.2, 0.25) is 0 Å². The number of hydrogen-bond acceptors (Lipinski definition) is 4. The molecule has 0 aliphatic rings. The van der Waals surface area contributed by atoms with Gasteiger partial charge >= 0.3 is 0 Å². The van der Waals surface area contributed by atoms with E-state index >= 15 is 0 Å². The van der Waals surface area contributed by atoms with E-state index in [-0.39, 0.29) is 5.75 Å². The first-order chi connectivity index (χ1) is 18.2. The van der Waals surface area contributed by atoms with Gasteiger partial charge < -0.3 is 9.84 Å². The average Bonchev–Trinajstić information content (AvgIpc) is 3.27. The van der Waals surface area contributed by atoms with E-state index in [1.807, 2.05) is 66.9 Å². The molecule has 0 saturated carbocycles. The Morgan fingerprint density at radius 2 is 1.57 bits per heavy atom. The van der Waals surface area contributed by atoms with Crippen LogP contribution >= 0.6 is 0 Å². The monoisotopic (exact) mass is 481 g/mol. The first-order valence-electron chi connectivity index (χ1n) is 12.4. The predicted molar refractivity (Wildman–Crippen MR) is 149 cm³/mol. The highest BCUT2D eigenvalue weighted by Crippen LogP contribution is 2.37. The van der Waals surface area contributed by atoms with Crippen LogP contribution in [0.5, 0.6) is 17.4 Å². The summed E-state index contributed by atoms with van der Waals surface area (Å²) in [6, 6.07) is 32.2. The van der Waals surface area contributed by atoms with Crippen molar-refractivity contribution in [3.8, 4) is 23.2 Å². The molecule has 0 aliphatic heterocycles. The highest BCUT2D eigenvalue weighted by molar-refractivity contribution is 6.09. The van der Waals surface area contributed by atoms with Gasteiger partial charge in [-0.3, -0.25) is 4.57 Å². The van der Waals surface area contributed by atoms with Crippen LogP contribution in [0.25, 0.3) is 49.3 Å². The molecule has 37 heavy (non-hydrogen) atoms. The summed E-state index contributed by atoms with van der Waals surface area (Å²) in [6.45, 7) is 2.15. The first-order valence-corrected chi connectivity index (χ1v) is 12.4. The molecule has 0 unspecified atom stereocenters. The van der Waals surface area contributed by atoms with Gasteiger partial charge in [-0.05, 0) is 59.8 Å². The number of pyridine rings is 2. The molecular formula is C32H23N3O2. The lowest BCUT2D eigenvalue weighted by atomic mass is 10.1. The fraction of sp³-hybridized carbons (Fsp3) is 0.0625. The average molecular weight is 482 g/mol. The van der Waals surface area contributed by atoms with E-state index in [9.17, 15) is 5.11 Å². The van der Waals surface area contributed by atoms with Gasteiger partial charge in [-0.2, -0.15) is 0 Å². The number of ether oxygens (including phenoxy) is 1. The number of nitrogens with zero attached hydrogens (tertiary/aromatic N) is 3. The van der Waals surface area contributed by atoms with E-state index in [0.29, 0.717) is 17.1 Å². The minimum Gasteiger partial charge on any atom is -0.505 e. The van der Waals surface area contributed by atoms with Crippen LogP contribution < -0.4 is 4.74 Å². The molecular weight excluding hydrogens is 458 g/mol. The summed E-state index contributed by atoms with van der Waals surface area (Å²) >= 11 is 0. The van der Waals surface area contributed by atoms with Gasteiger partial charge in [0.1, 0.15) is 22.8 Å². The van der Waals surface area contributed by atoms with E-state index in [1.165, 1.54) is 5.56 Å². The largest absolute Gasteiger partial charge is 0.505 e. The minimum atomic E-state index is 0.163. The van der Waals surface area contributed by atoms with Crippen LogP contribution in [0, 0.1) is 0 Å². The van der Waals surface area contributed by atoms with Crippen molar-refractivity contribution >= 4 is 43.5 Å². The lowest BCUT2D eigenvalue weighted by Gasteiger charge is -2.10. The van der Waals surface area contributed by atoms with Crippen LogP contribution in [0.4, 0.5) is 0 Å². The number of aryl methyl sites for hydroxylation is 1. The molecule has 3 aromatic heterocycles. The Hall–Kier alpha value is -4.90. The van der Waals surface area contributed by atoms with Gasteiger partial charge in [-0.1, -0.05) is 49.4 Å². The molecule has 0 atom stereocenters. The predicted octanol–water partition coefficient (Wildman–Crippen LogP) is 7.94. The molecule has 4 aromatic carbocycles. The van der Waals surface area contributed by atoms with Crippen molar-refractivity contribution in [1.29, 1.82) is 0 Å². The van der Waals surface area contributed by atoms with Crippen molar-refractivity contribution in [2.45, 2.75) is 13.3 Å². The molecule has 0 fully saturated rings. The molecule has 5 nitrogen and oxygen atoms in total. The zero-order chi connectivity index (χ0) is 24.9. The molecule has 0 bridgehead atoms. The van der Waals surface area contributed by atoms with Crippen molar-refractivity contribution in [1.82, 2.24) is 14.5 Å². The molecule has 7 rings (SSSR count). The molecule has 0 amide bonds. The van der Waals surface area contributed by atoms with Crippen molar-refractivity contribution < 1.29 is 9.84 Å². The lowest BCUT2D eigenvalue weighted by Crippen LogP contribution is -1.98. The van der Waals surface area contributed by atoms with Gasteiger partial charge in [0.05, 0.1) is 11.0 Å². The maximum absolute atomic E-state index is 10.9. The summed E-state index contributed by atoms with van der Waals surface area (Å²) in [6.07, 6.45) is 2.81. The second kappa shape index (κ2) is 8.35. The fourth-order valence-corrected chi connectivity index (χ4v) is 5.13. The smallest absolute Gasteiger partial charge is 0.219 e. The van der Waals surface area contributed by atoms with E-state index in [1.54, 1.807) is 0 Å². The maximum Gasteiger partial charge on any atom is 0.219 e. The van der Waals surface area contributed by atoms with E-state index in [4.69, 9.17) is 9.72 Å². The third-order valence-corrected chi connectivity index (χ3v) is 6.97. The van der Waals surface area contributed by atoms with Gasteiger partial charge in [-0.15, -0.1) is 0 Å². The quantitative estimate of drug-likeness (QED) is 0.259. The summed E-state index contributed by atoms with van der Waals surface area (Å²) in [7, 11) is 0. The number of aromatic nitrogens is 3. The summed E-state index contributed by atoms with van der Waals surface area (Å²) in [4.78, 5) is 9.35. The molecule has 3 heterocycles. The van der Waals surface area contributed by atoms with E-state index < -0.39 is 0 Å². The molecule has 0 spiro atoms. The number of aromatic hydroxyl groups is 1. The standard InChI is InChI=1S/C32H23N3O2/c1-2-20-15-16-33-29(17-20)35-27-10-6-5-9-25(27)26-13-12-23(19-28(26)35)37-30-14-11-22-18-21-7-3-4-8-24(21)32(36)31(22)34-30/h3-19,36H,2H2,1H3. The second-order valence-electron chi connectivity index (χ2n) is 9.18. The van der Waals surface area contributed by atoms with Crippen LogP contribution in [-0.4, -0.2) is 19.6 Å². The van der Waals surface area contributed by atoms with Crippen molar-refractivity contribution in [3.05, 3.63) is 109 Å². The minimum absolute atomic E-state index is 0.163. The van der Waals surface area contributed by atoms with E-state index in [0.717, 1.165) is 50.2 Å². The Bertz CT molecular complexity index is 1970. The Kier molecular flexibility index (Phi) is 4.83. The van der Waals surface area contributed by atoms with Crippen LogP contribution in [-0.2, 0) is 6.42 Å². The van der Waals surface area contributed by atoms with Crippen LogP contribution in [0.3, 0.4) is 0 Å². The molecule has 5 heteroatoms. The van der Waals surface area contributed by atoms with Crippen LogP contribution in [0.1, 0.15) is 12.5 Å². The number of benzene rings is 4. The highest BCUT2D eigenvalue weighted by atomic mass is 16.5. The Morgan fingerprint density at radius 1 is 0.757 bits per heavy atom. The maximum atomic E-state index is 10.9. The zero-order valence-corrected chi connectivity index (χ0v) is 20.2. The fourth-order valence-electron chi connectivity index (χ4n) is 5.13. The topological polar surface area (TPSA) is 60.2 Å². The molecule has 0 aliphatic carbocycles. The molecule has 1 N–H and O–H groups in total. The van der Waals surface area contributed by atoms with Gasteiger partial charge in [-0.25, -0.2) is 9.97 Å². The van der Waals surface area contributed by atoms with E-state index in [2.05, 4.69) is 52.9 Å². The summed E-state index contributed by atoms with van der Waals surface area (Å²) in [5, 5.41) is 15.8. The number of phenolic OH excluding ortho intramolecular Hbond substituents is 1. The van der Waals surface area contributed by atoms with Gasteiger partial charge in [0, 0.05) is 39.9 Å². The summed E-state index contributed by atoms with van der Waals surface area (Å²) in [5.74, 6) is 2.13. The van der Waals surface area contributed by atoms with Crippen molar-refractivity contribution in [3.63, 3.8) is 0 Å².